The Kier molecular flexibility index (Phi) is 7.24. The Hall–Kier alpha value is 0.634. The first-order valence-corrected chi connectivity index (χ1v) is 2.95. The van der Waals surface area contributed by atoms with Crippen LogP contribution in [0.5, 0.6) is 0 Å². The van der Waals surface area contributed by atoms with Crippen molar-refractivity contribution in [3.8, 4) is 0 Å². The molecule has 0 aliphatic rings. The molecule has 0 heterocycles. The second-order valence-electron chi connectivity index (χ2n) is 1.28. The minimum absolute atomic E-state index is 0.281. The molecule has 41 valence electrons. The summed E-state index contributed by atoms with van der Waals surface area (Å²) in [5.41, 5.74) is 0. The van der Waals surface area contributed by atoms with Crippen LogP contribution in [0.25, 0.3) is 0 Å². The van der Waals surface area contributed by atoms with Gasteiger partial charge in [-0.15, -0.1) is 0 Å². The number of hydrogen-bond acceptors (Lipinski definition) is 2. The summed E-state index contributed by atoms with van der Waals surface area (Å²) in [6.07, 6.45) is 1.82. The third-order valence-corrected chi connectivity index (χ3v) is 0.973. The van der Waals surface area contributed by atoms with E-state index in [4.69, 9.17) is 8.42 Å². The fraction of sp³-hybridized carbons (Fsp3) is 1.00. The number of hydrogen-bond donors (Lipinski definition) is 1. The molecule has 0 aliphatic heterocycles. The van der Waals surface area contributed by atoms with Crippen molar-refractivity contribution in [2.45, 2.75) is 12.8 Å². The van der Waals surface area contributed by atoms with Gasteiger partial charge in [-0.2, -0.15) is 0 Å². The topological polar surface area (TPSA) is 29.5 Å². The summed E-state index contributed by atoms with van der Waals surface area (Å²) in [5.74, 6) is 0. The molecule has 0 bridgehead atoms. The summed E-state index contributed by atoms with van der Waals surface area (Å²) in [5, 5.41) is 8.24. The second-order valence-corrected chi connectivity index (χ2v) is 1.73. The van der Waals surface area contributed by atoms with Gasteiger partial charge >= 0.3 is 55.3 Å². The van der Waals surface area contributed by atoms with E-state index in [1.54, 1.807) is 20.8 Å². The van der Waals surface area contributed by atoms with Crippen LogP contribution in [0.2, 0.25) is 0 Å². The molecule has 1 N–H and O–H groups in total. The van der Waals surface area contributed by atoms with Crippen LogP contribution in [-0.4, -0.2) is 18.3 Å². The molecule has 0 aromatic rings. The predicted octanol–water partition coefficient (Wildman–Crippen LogP) is 0.237. The number of rotatable bonds is 4. The summed E-state index contributed by atoms with van der Waals surface area (Å²) >= 11 is 1.66. The zero-order chi connectivity index (χ0) is 5.54. The van der Waals surface area contributed by atoms with Gasteiger partial charge in [-0.05, 0) is 0 Å². The molecule has 2 nitrogen and oxygen atoms in total. The van der Waals surface area contributed by atoms with Crippen molar-refractivity contribution in [1.82, 2.24) is 0 Å². The molecular weight excluding hydrogens is 128 g/mol. The van der Waals surface area contributed by atoms with Gasteiger partial charge < -0.3 is 0 Å². The molecule has 0 saturated carbocycles. The Labute approximate surface area is 55.7 Å². The van der Waals surface area contributed by atoms with Crippen LogP contribution in [-0.2, 0) is 24.1 Å². The molecule has 0 saturated heterocycles. The van der Waals surface area contributed by atoms with E-state index in [9.17, 15) is 0 Å². The van der Waals surface area contributed by atoms with Crippen LogP contribution >= 0.6 is 0 Å². The third kappa shape index (κ3) is 6.63. The van der Waals surface area contributed by atoms with Gasteiger partial charge in [0.05, 0.1) is 0 Å². The van der Waals surface area contributed by atoms with Crippen LogP contribution in [0.1, 0.15) is 12.8 Å². The van der Waals surface area contributed by atoms with Gasteiger partial charge in [0.25, 0.3) is 0 Å². The summed E-state index contributed by atoms with van der Waals surface area (Å²) in [4.78, 5) is 0. The summed E-state index contributed by atoms with van der Waals surface area (Å²) in [7, 11) is 0. The Morgan fingerprint density at radius 2 is 2.14 bits per heavy atom. The van der Waals surface area contributed by atoms with Crippen molar-refractivity contribution in [3.05, 3.63) is 0 Å². The SMILES string of the molecule is OCCCC[O][Ti]. The quantitative estimate of drug-likeness (QED) is 0.444. The number of unbranched alkanes of at least 4 members (excludes halogenated alkanes) is 1. The molecule has 0 atom stereocenters. The first kappa shape index (κ1) is 7.63. The Morgan fingerprint density at radius 1 is 1.43 bits per heavy atom. The molecule has 3 heteroatoms. The first-order chi connectivity index (χ1) is 3.41. The summed E-state index contributed by atoms with van der Waals surface area (Å²) in [6.45, 7) is 1.05. The van der Waals surface area contributed by atoms with E-state index in [0.29, 0.717) is 0 Å². The molecule has 0 fully saturated rings. The van der Waals surface area contributed by atoms with E-state index in [0.717, 1.165) is 19.4 Å². The van der Waals surface area contributed by atoms with E-state index in [-0.39, 0.29) is 6.61 Å². The number of aliphatic hydroxyl groups excluding tert-OH is 1. The van der Waals surface area contributed by atoms with Crippen molar-refractivity contribution < 1.29 is 29.2 Å². The van der Waals surface area contributed by atoms with Crippen molar-refractivity contribution in [2.75, 3.05) is 13.2 Å². The van der Waals surface area contributed by atoms with Gasteiger partial charge in [0.15, 0.2) is 0 Å². The van der Waals surface area contributed by atoms with Crippen LogP contribution in [0.3, 0.4) is 0 Å². The second kappa shape index (κ2) is 6.63. The molecule has 0 aliphatic carbocycles. The maximum absolute atomic E-state index is 8.24. The van der Waals surface area contributed by atoms with Gasteiger partial charge in [-0.3, -0.25) is 0 Å². The monoisotopic (exact) mass is 137 g/mol. The van der Waals surface area contributed by atoms with E-state index >= 15 is 0 Å². The molecule has 0 rings (SSSR count). The maximum atomic E-state index is 8.24. The standard InChI is InChI=1S/C4H9O2.Ti/c5-3-1-2-4-6;/h5H,1-4H2;/q-1;+1. The Morgan fingerprint density at radius 3 is 2.57 bits per heavy atom. The first-order valence-electron chi connectivity index (χ1n) is 2.31. The van der Waals surface area contributed by atoms with Crippen molar-refractivity contribution in [2.24, 2.45) is 0 Å². The molecule has 0 radical (unpaired) electrons. The molecule has 0 aromatic carbocycles. The fourth-order valence-electron chi connectivity index (χ4n) is 0.286. The van der Waals surface area contributed by atoms with Crippen LogP contribution < -0.4 is 0 Å². The Bertz CT molecular complexity index is 28.9. The van der Waals surface area contributed by atoms with E-state index in [1.807, 2.05) is 0 Å². The van der Waals surface area contributed by atoms with E-state index in [2.05, 4.69) is 0 Å². The van der Waals surface area contributed by atoms with Gasteiger partial charge in [0.2, 0.25) is 0 Å². The average molecular weight is 137 g/mol. The molecule has 0 spiro atoms. The van der Waals surface area contributed by atoms with Crippen molar-refractivity contribution in [1.29, 1.82) is 0 Å². The van der Waals surface area contributed by atoms with Gasteiger partial charge in [0.1, 0.15) is 0 Å². The zero-order valence-corrected chi connectivity index (χ0v) is 5.75. The van der Waals surface area contributed by atoms with Crippen LogP contribution in [0.15, 0.2) is 0 Å². The predicted molar refractivity (Wildman–Crippen MR) is 22.3 cm³/mol. The molecule has 0 unspecified atom stereocenters. The zero-order valence-electron chi connectivity index (χ0n) is 4.18. The summed E-state index contributed by atoms with van der Waals surface area (Å²) in [6, 6.07) is 0. The fourth-order valence-corrected chi connectivity index (χ4v) is 0.511. The van der Waals surface area contributed by atoms with Crippen LogP contribution in [0.4, 0.5) is 0 Å². The molecule has 7 heavy (non-hydrogen) atoms. The van der Waals surface area contributed by atoms with Crippen LogP contribution in [0, 0.1) is 0 Å². The third-order valence-electron chi connectivity index (χ3n) is 0.655. The van der Waals surface area contributed by atoms with E-state index < -0.39 is 0 Å². The molecule has 0 aromatic heterocycles. The summed E-state index contributed by atoms with van der Waals surface area (Å²) < 4.78 is 4.73. The van der Waals surface area contributed by atoms with Gasteiger partial charge in [0, 0.05) is 0 Å². The van der Waals surface area contributed by atoms with E-state index in [1.165, 1.54) is 0 Å². The van der Waals surface area contributed by atoms with Gasteiger partial charge in [-0.1, -0.05) is 0 Å². The van der Waals surface area contributed by atoms with Crippen molar-refractivity contribution in [3.63, 3.8) is 0 Å². The normalized spacial score (nSPS) is 9.14. The minimum atomic E-state index is 0.281. The van der Waals surface area contributed by atoms with Crippen molar-refractivity contribution >= 4 is 0 Å². The molecular formula is C4H9O2Ti. The average Bonchev–Trinajstić information content (AvgIpc) is 1.69. The Balaban J connectivity index is 2.45. The number of aliphatic hydroxyl groups is 1. The molecule has 0 amide bonds. The van der Waals surface area contributed by atoms with Gasteiger partial charge in [-0.25, -0.2) is 0 Å².